The van der Waals surface area contributed by atoms with E-state index in [2.05, 4.69) is 18.8 Å². The molecule has 0 aliphatic rings. The fourth-order valence-electron chi connectivity index (χ4n) is 1.66. The molecule has 0 aromatic carbocycles. The molecule has 0 unspecified atom stereocenters. The monoisotopic (exact) mass is 205 g/mol. The van der Waals surface area contributed by atoms with Crippen molar-refractivity contribution in [3.63, 3.8) is 0 Å². The van der Waals surface area contributed by atoms with Gasteiger partial charge in [0.15, 0.2) is 5.65 Å². The largest absolute Gasteiger partial charge is 0.364 e. The maximum Gasteiger partial charge on any atom is 0.364 e. The summed E-state index contributed by atoms with van der Waals surface area (Å²) in [6.45, 7) is 6.85. The van der Waals surface area contributed by atoms with Crippen molar-refractivity contribution >= 4 is 5.65 Å². The molecule has 2 heterocycles. The molecule has 0 fully saturated rings. The fraction of sp³-hybridized carbons (Fsp3) is 0.455. The van der Waals surface area contributed by atoms with Crippen molar-refractivity contribution in [1.82, 2.24) is 14.2 Å². The Balaban J connectivity index is 2.73. The van der Waals surface area contributed by atoms with Crippen LogP contribution in [0.5, 0.6) is 0 Å². The van der Waals surface area contributed by atoms with Gasteiger partial charge in [0.25, 0.3) is 0 Å². The molecule has 0 bridgehead atoms. The van der Waals surface area contributed by atoms with Crippen LogP contribution in [0.2, 0.25) is 0 Å². The van der Waals surface area contributed by atoms with Crippen LogP contribution in [0.25, 0.3) is 5.65 Å². The molecule has 80 valence electrons. The van der Waals surface area contributed by atoms with Crippen LogP contribution in [0.4, 0.5) is 0 Å². The van der Waals surface area contributed by atoms with Crippen molar-refractivity contribution < 1.29 is 0 Å². The van der Waals surface area contributed by atoms with Gasteiger partial charge in [-0.05, 0) is 24.5 Å². The van der Waals surface area contributed by atoms with Gasteiger partial charge in [0, 0.05) is 12.7 Å². The van der Waals surface area contributed by atoms with Crippen molar-refractivity contribution in [2.45, 2.75) is 33.2 Å². The lowest BCUT2D eigenvalue weighted by molar-refractivity contribution is 0.588. The zero-order valence-corrected chi connectivity index (χ0v) is 9.27. The summed E-state index contributed by atoms with van der Waals surface area (Å²) in [5.41, 5.74) is 1.74. The van der Waals surface area contributed by atoms with E-state index in [-0.39, 0.29) is 5.69 Å². The van der Waals surface area contributed by atoms with Crippen LogP contribution >= 0.6 is 0 Å². The molecule has 2 aromatic heterocycles. The third-order valence-electron chi connectivity index (χ3n) is 2.59. The summed E-state index contributed by atoms with van der Waals surface area (Å²) in [4.78, 5) is 15.4. The number of aromatic nitrogens is 3. The predicted octanol–water partition coefficient (Wildman–Crippen LogP) is 1.64. The van der Waals surface area contributed by atoms with Gasteiger partial charge in [-0.1, -0.05) is 19.9 Å². The van der Waals surface area contributed by atoms with Gasteiger partial charge in [-0.3, -0.25) is 0 Å². The average molecular weight is 205 g/mol. The third-order valence-corrected chi connectivity index (χ3v) is 2.59. The highest BCUT2D eigenvalue weighted by Gasteiger charge is 2.06. The SMILES string of the molecule is CCn1c(=O)nc2ccc(C(C)C)cn21. The Morgan fingerprint density at radius 3 is 2.73 bits per heavy atom. The number of pyridine rings is 1. The first kappa shape index (κ1) is 9.96. The lowest BCUT2D eigenvalue weighted by atomic mass is 10.1. The number of hydrogen-bond donors (Lipinski definition) is 0. The normalized spacial score (nSPS) is 11.5. The second-order valence-electron chi connectivity index (χ2n) is 3.93. The molecule has 0 spiro atoms. The van der Waals surface area contributed by atoms with E-state index in [0.717, 1.165) is 0 Å². The minimum absolute atomic E-state index is 0.182. The number of hydrogen-bond acceptors (Lipinski definition) is 2. The van der Waals surface area contributed by atoms with Gasteiger partial charge in [0.1, 0.15) is 0 Å². The molecule has 4 heteroatoms. The third kappa shape index (κ3) is 1.56. The highest BCUT2D eigenvalue weighted by molar-refractivity contribution is 5.38. The van der Waals surface area contributed by atoms with Crippen molar-refractivity contribution in [2.24, 2.45) is 0 Å². The molecule has 4 nitrogen and oxygen atoms in total. The zero-order valence-electron chi connectivity index (χ0n) is 9.27. The summed E-state index contributed by atoms with van der Waals surface area (Å²) in [5, 5.41) is 0. The standard InChI is InChI=1S/C11H15N3O/c1-4-13-11(15)12-10-6-5-9(8(2)3)7-14(10)13/h5-8H,4H2,1-3H3. The summed E-state index contributed by atoms with van der Waals surface area (Å²) < 4.78 is 3.46. The molecule has 0 N–H and O–H groups in total. The van der Waals surface area contributed by atoms with Crippen LogP contribution in [-0.4, -0.2) is 14.2 Å². The second kappa shape index (κ2) is 3.53. The highest BCUT2D eigenvalue weighted by Crippen LogP contribution is 2.13. The molecular weight excluding hydrogens is 190 g/mol. The maximum atomic E-state index is 11.5. The number of rotatable bonds is 2. The van der Waals surface area contributed by atoms with E-state index in [9.17, 15) is 4.79 Å². The van der Waals surface area contributed by atoms with Gasteiger partial charge in [-0.2, -0.15) is 4.98 Å². The van der Waals surface area contributed by atoms with E-state index in [4.69, 9.17) is 0 Å². The Bertz CT molecular complexity index is 536. The Hall–Kier alpha value is -1.58. The summed E-state index contributed by atoms with van der Waals surface area (Å²) in [7, 11) is 0. The highest BCUT2D eigenvalue weighted by atomic mass is 16.2. The van der Waals surface area contributed by atoms with Gasteiger partial charge in [0.2, 0.25) is 0 Å². The predicted molar refractivity (Wildman–Crippen MR) is 59.2 cm³/mol. The van der Waals surface area contributed by atoms with Crippen molar-refractivity contribution in [1.29, 1.82) is 0 Å². The summed E-state index contributed by atoms with van der Waals surface area (Å²) in [5.74, 6) is 0.456. The topological polar surface area (TPSA) is 39.3 Å². The molecular formula is C11H15N3O. The van der Waals surface area contributed by atoms with Gasteiger partial charge < -0.3 is 0 Å². The summed E-state index contributed by atoms with van der Waals surface area (Å²) in [6.07, 6.45) is 1.98. The summed E-state index contributed by atoms with van der Waals surface area (Å²) >= 11 is 0. The first-order chi connectivity index (χ1) is 7.13. The molecule has 15 heavy (non-hydrogen) atoms. The van der Waals surface area contributed by atoms with E-state index in [0.29, 0.717) is 18.1 Å². The summed E-state index contributed by atoms with van der Waals surface area (Å²) in [6, 6.07) is 3.91. The van der Waals surface area contributed by atoms with Crippen LogP contribution in [-0.2, 0) is 6.54 Å². The Kier molecular flexibility index (Phi) is 2.34. The van der Waals surface area contributed by atoms with Crippen molar-refractivity contribution in [3.05, 3.63) is 34.4 Å². The molecule has 0 atom stereocenters. The van der Waals surface area contributed by atoms with Gasteiger partial charge >= 0.3 is 5.69 Å². The minimum Gasteiger partial charge on any atom is -0.244 e. The van der Waals surface area contributed by atoms with Crippen molar-refractivity contribution in [2.75, 3.05) is 0 Å². The lowest BCUT2D eigenvalue weighted by Gasteiger charge is -2.07. The quantitative estimate of drug-likeness (QED) is 0.747. The van der Waals surface area contributed by atoms with E-state index in [1.54, 1.807) is 4.68 Å². The first-order valence-electron chi connectivity index (χ1n) is 5.22. The molecule has 0 amide bonds. The molecule has 0 aliphatic heterocycles. The van der Waals surface area contributed by atoms with Crippen LogP contribution < -0.4 is 5.69 Å². The molecule has 0 radical (unpaired) electrons. The van der Waals surface area contributed by atoms with Crippen LogP contribution in [0.1, 0.15) is 32.3 Å². The van der Waals surface area contributed by atoms with Gasteiger partial charge in [-0.25, -0.2) is 14.0 Å². The molecule has 2 aromatic rings. The van der Waals surface area contributed by atoms with Crippen LogP contribution in [0.3, 0.4) is 0 Å². The molecule has 2 rings (SSSR count). The zero-order chi connectivity index (χ0) is 11.0. The van der Waals surface area contributed by atoms with Crippen molar-refractivity contribution in [3.8, 4) is 0 Å². The number of nitrogens with zero attached hydrogens (tertiary/aromatic N) is 3. The van der Waals surface area contributed by atoms with E-state index >= 15 is 0 Å². The Labute approximate surface area is 88.2 Å². The second-order valence-corrected chi connectivity index (χ2v) is 3.93. The smallest absolute Gasteiger partial charge is 0.244 e. The molecule has 0 aliphatic carbocycles. The molecule has 0 saturated carbocycles. The average Bonchev–Trinajstić information content (AvgIpc) is 2.51. The number of aryl methyl sites for hydroxylation is 1. The van der Waals surface area contributed by atoms with E-state index in [1.165, 1.54) is 5.56 Å². The maximum absolute atomic E-state index is 11.5. The van der Waals surface area contributed by atoms with Crippen LogP contribution in [0, 0.1) is 0 Å². The van der Waals surface area contributed by atoms with E-state index < -0.39 is 0 Å². The van der Waals surface area contributed by atoms with Gasteiger partial charge in [0.05, 0.1) is 0 Å². The van der Waals surface area contributed by atoms with E-state index in [1.807, 2.05) is 29.8 Å². The Morgan fingerprint density at radius 1 is 1.40 bits per heavy atom. The first-order valence-corrected chi connectivity index (χ1v) is 5.22. The Morgan fingerprint density at radius 2 is 2.13 bits per heavy atom. The number of fused-ring (bicyclic) bond motifs is 1. The van der Waals surface area contributed by atoms with Crippen LogP contribution in [0.15, 0.2) is 23.1 Å². The minimum atomic E-state index is -0.182. The van der Waals surface area contributed by atoms with Gasteiger partial charge in [-0.15, -0.1) is 0 Å². The fourth-order valence-corrected chi connectivity index (χ4v) is 1.66. The molecule has 0 saturated heterocycles. The lowest BCUT2D eigenvalue weighted by Crippen LogP contribution is -2.19.